The summed E-state index contributed by atoms with van der Waals surface area (Å²) < 4.78 is 0. The van der Waals surface area contributed by atoms with E-state index in [9.17, 15) is 0 Å². The van der Waals surface area contributed by atoms with Gasteiger partial charge in [0.15, 0.2) is 0 Å². The number of rotatable bonds is 1. The smallest absolute Gasteiger partial charge is 0.0134 e. The highest BCUT2D eigenvalue weighted by Crippen LogP contribution is 2.32. The van der Waals surface area contributed by atoms with Crippen molar-refractivity contribution in [3.05, 3.63) is 0 Å². The summed E-state index contributed by atoms with van der Waals surface area (Å²) in [4.78, 5) is 2.48. The van der Waals surface area contributed by atoms with Crippen molar-refractivity contribution in [2.75, 3.05) is 26.7 Å². The summed E-state index contributed by atoms with van der Waals surface area (Å²) in [5, 5.41) is 3.65. The Kier molecular flexibility index (Phi) is 2.13. The maximum absolute atomic E-state index is 3.65. The van der Waals surface area contributed by atoms with Crippen LogP contribution in [0, 0.1) is 17.8 Å². The van der Waals surface area contributed by atoms with E-state index in [4.69, 9.17) is 0 Å². The van der Waals surface area contributed by atoms with E-state index in [0.717, 1.165) is 23.8 Å². The van der Waals surface area contributed by atoms with E-state index in [1.807, 2.05) is 0 Å². The minimum absolute atomic E-state index is 0.778. The second-order valence-corrected chi connectivity index (χ2v) is 4.82. The molecule has 2 fully saturated rings. The fourth-order valence-electron chi connectivity index (χ4n) is 2.91. The maximum Gasteiger partial charge on any atom is 0.0134 e. The molecule has 0 unspecified atom stereocenters. The summed E-state index contributed by atoms with van der Waals surface area (Å²) in [7, 11) is 2.25. The highest BCUT2D eigenvalue weighted by atomic mass is 15.2. The number of nitrogens with one attached hydrogen (secondary N) is 1. The molecule has 0 spiro atoms. The van der Waals surface area contributed by atoms with Crippen molar-refractivity contribution in [3.63, 3.8) is 0 Å². The lowest BCUT2D eigenvalue weighted by Gasteiger charge is -2.22. The van der Waals surface area contributed by atoms with Gasteiger partial charge in [0, 0.05) is 19.1 Å². The van der Waals surface area contributed by atoms with Crippen LogP contribution in [0.4, 0.5) is 0 Å². The molecule has 0 aliphatic carbocycles. The first-order chi connectivity index (χ1) is 5.68. The number of hydrogen-bond donors (Lipinski definition) is 1. The molecule has 70 valence electrons. The summed E-state index contributed by atoms with van der Waals surface area (Å²) in [5.74, 6) is 2.66. The van der Waals surface area contributed by atoms with E-state index >= 15 is 0 Å². The minimum Gasteiger partial charge on any atom is -0.313 e. The van der Waals surface area contributed by atoms with E-state index in [0.29, 0.717) is 0 Å². The van der Waals surface area contributed by atoms with Gasteiger partial charge in [-0.15, -0.1) is 0 Å². The molecular weight excluding hydrogens is 148 g/mol. The van der Waals surface area contributed by atoms with Crippen LogP contribution in [0.3, 0.4) is 0 Å². The zero-order chi connectivity index (χ0) is 8.72. The van der Waals surface area contributed by atoms with Gasteiger partial charge in [0.05, 0.1) is 0 Å². The van der Waals surface area contributed by atoms with Gasteiger partial charge in [-0.25, -0.2) is 0 Å². The molecule has 2 heterocycles. The predicted molar refractivity (Wildman–Crippen MR) is 51.1 cm³/mol. The molecule has 2 saturated heterocycles. The third kappa shape index (κ3) is 1.27. The molecule has 0 radical (unpaired) electrons. The highest BCUT2D eigenvalue weighted by Gasteiger charge is 2.42. The van der Waals surface area contributed by atoms with E-state index < -0.39 is 0 Å². The topological polar surface area (TPSA) is 15.3 Å². The van der Waals surface area contributed by atoms with Crippen LogP contribution in [-0.2, 0) is 0 Å². The van der Waals surface area contributed by atoms with Crippen molar-refractivity contribution < 1.29 is 0 Å². The van der Waals surface area contributed by atoms with Crippen LogP contribution >= 0.6 is 0 Å². The molecule has 2 heteroatoms. The van der Waals surface area contributed by atoms with Crippen molar-refractivity contribution >= 4 is 0 Å². The molecule has 2 aliphatic heterocycles. The molecule has 2 nitrogen and oxygen atoms in total. The van der Waals surface area contributed by atoms with Gasteiger partial charge >= 0.3 is 0 Å². The van der Waals surface area contributed by atoms with Crippen LogP contribution in [0.25, 0.3) is 0 Å². The molecule has 0 aromatic carbocycles. The molecule has 3 atom stereocenters. The Bertz CT molecular complexity index is 167. The molecule has 0 amide bonds. The normalized spacial score (nSPS) is 42.5. The first-order valence-corrected chi connectivity index (χ1v) is 5.10. The van der Waals surface area contributed by atoms with Crippen LogP contribution in [-0.4, -0.2) is 37.6 Å². The Labute approximate surface area is 75.3 Å². The first kappa shape index (κ1) is 8.52. The van der Waals surface area contributed by atoms with Crippen LogP contribution < -0.4 is 5.32 Å². The largest absolute Gasteiger partial charge is 0.313 e. The third-order valence-electron chi connectivity index (χ3n) is 3.47. The Morgan fingerprint density at radius 1 is 1.33 bits per heavy atom. The van der Waals surface area contributed by atoms with E-state index in [1.54, 1.807) is 0 Å². The van der Waals surface area contributed by atoms with Gasteiger partial charge in [-0.05, 0) is 31.3 Å². The second-order valence-electron chi connectivity index (χ2n) is 4.82. The van der Waals surface area contributed by atoms with E-state index in [1.165, 1.54) is 19.6 Å². The van der Waals surface area contributed by atoms with Crippen molar-refractivity contribution in [1.82, 2.24) is 10.2 Å². The number of likely N-dealkylation sites (tertiary alicyclic amines) is 1. The fourth-order valence-corrected chi connectivity index (χ4v) is 2.91. The maximum atomic E-state index is 3.65. The Morgan fingerprint density at radius 3 is 2.75 bits per heavy atom. The zero-order valence-corrected chi connectivity index (χ0v) is 8.38. The molecule has 0 bridgehead atoms. The van der Waals surface area contributed by atoms with Gasteiger partial charge in [-0.2, -0.15) is 0 Å². The van der Waals surface area contributed by atoms with Gasteiger partial charge in [0.1, 0.15) is 0 Å². The molecule has 0 saturated carbocycles. The van der Waals surface area contributed by atoms with Crippen molar-refractivity contribution in [3.8, 4) is 0 Å². The Balaban J connectivity index is 2.03. The van der Waals surface area contributed by atoms with Crippen LogP contribution in [0.2, 0.25) is 0 Å². The zero-order valence-electron chi connectivity index (χ0n) is 8.38. The number of hydrogen-bond acceptors (Lipinski definition) is 2. The molecule has 1 N–H and O–H groups in total. The molecule has 0 aromatic rings. The Hall–Kier alpha value is -0.0800. The van der Waals surface area contributed by atoms with Crippen molar-refractivity contribution in [1.29, 1.82) is 0 Å². The van der Waals surface area contributed by atoms with Crippen molar-refractivity contribution in [2.24, 2.45) is 17.8 Å². The summed E-state index contributed by atoms with van der Waals surface area (Å²) in [6.07, 6.45) is 0. The number of nitrogens with zero attached hydrogens (tertiary/aromatic N) is 1. The van der Waals surface area contributed by atoms with Gasteiger partial charge < -0.3 is 10.2 Å². The van der Waals surface area contributed by atoms with Crippen LogP contribution in [0.15, 0.2) is 0 Å². The standard InChI is InChI=1S/C10H20N2/c1-7(2)10-9-6-12(3)5-8(9)4-11-10/h7-11H,4-6H2,1-3H3/t8-,9-,10+/m1/s1. The third-order valence-corrected chi connectivity index (χ3v) is 3.47. The van der Waals surface area contributed by atoms with Crippen molar-refractivity contribution in [2.45, 2.75) is 19.9 Å². The summed E-state index contributed by atoms with van der Waals surface area (Å²) in [6.45, 7) is 8.52. The highest BCUT2D eigenvalue weighted by molar-refractivity contribution is 4.97. The summed E-state index contributed by atoms with van der Waals surface area (Å²) in [6, 6.07) is 0.778. The quantitative estimate of drug-likeness (QED) is 0.623. The number of fused-ring (bicyclic) bond motifs is 1. The lowest BCUT2D eigenvalue weighted by Crippen LogP contribution is -2.35. The predicted octanol–water partition coefficient (Wildman–Crippen LogP) is 0.792. The Morgan fingerprint density at radius 2 is 2.08 bits per heavy atom. The second kappa shape index (κ2) is 3.00. The van der Waals surface area contributed by atoms with Crippen LogP contribution in [0.1, 0.15) is 13.8 Å². The summed E-state index contributed by atoms with van der Waals surface area (Å²) >= 11 is 0. The SMILES string of the molecule is CC(C)[C@@H]1NC[C@@H]2CN(C)C[C@H]21. The molecule has 2 aliphatic rings. The monoisotopic (exact) mass is 168 g/mol. The van der Waals surface area contributed by atoms with Gasteiger partial charge in [0.25, 0.3) is 0 Å². The minimum atomic E-state index is 0.778. The van der Waals surface area contributed by atoms with Gasteiger partial charge in [-0.1, -0.05) is 13.8 Å². The van der Waals surface area contributed by atoms with E-state index in [-0.39, 0.29) is 0 Å². The molecular formula is C10H20N2. The average molecular weight is 168 g/mol. The van der Waals surface area contributed by atoms with Gasteiger partial charge in [-0.3, -0.25) is 0 Å². The average Bonchev–Trinajstić information content (AvgIpc) is 2.43. The summed E-state index contributed by atoms with van der Waals surface area (Å²) in [5.41, 5.74) is 0. The van der Waals surface area contributed by atoms with Gasteiger partial charge in [0.2, 0.25) is 0 Å². The lowest BCUT2D eigenvalue weighted by molar-refractivity contribution is 0.315. The molecule has 2 rings (SSSR count). The first-order valence-electron chi connectivity index (χ1n) is 5.10. The molecule has 12 heavy (non-hydrogen) atoms. The lowest BCUT2D eigenvalue weighted by atomic mass is 9.88. The molecule has 0 aromatic heterocycles. The fraction of sp³-hybridized carbons (Fsp3) is 1.00. The van der Waals surface area contributed by atoms with Crippen LogP contribution in [0.5, 0.6) is 0 Å². The van der Waals surface area contributed by atoms with E-state index in [2.05, 4.69) is 31.1 Å².